The van der Waals surface area contributed by atoms with Crippen molar-refractivity contribution in [3.63, 3.8) is 0 Å². The summed E-state index contributed by atoms with van der Waals surface area (Å²) in [5.74, 6) is 0.918. The fourth-order valence-electron chi connectivity index (χ4n) is 3.36. The second-order valence-electron chi connectivity index (χ2n) is 7.59. The van der Waals surface area contributed by atoms with E-state index in [2.05, 4.69) is 17.0 Å². The highest BCUT2D eigenvalue weighted by Crippen LogP contribution is 2.21. The third kappa shape index (κ3) is 5.28. The molecule has 0 aliphatic carbocycles. The van der Waals surface area contributed by atoms with Crippen molar-refractivity contribution in [2.45, 2.75) is 32.6 Å². The van der Waals surface area contributed by atoms with Crippen molar-refractivity contribution < 1.29 is 14.3 Å². The van der Waals surface area contributed by atoms with E-state index in [9.17, 15) is 9.59 Å². The van der Waals surface area contributed by atoms with Crippen LogP contribution < -0.4 is 14.8 Å². The number of hydrogen-bond donors (Lipinski definition) is 0. The van der Waals surface area contributed by atoms with E-state index in [0.717, 1.165) is 23.3 Å². The van der Waals surface area contributed by atoms with E-state index in [-0.39, 0.29) is 5.56 Å². The van der Waals surface area contributed by atoms with E-state index >= 15 is 0 Å². The van der Waals surface area contributed by atoms with Crippen molar-refractivity contribution in [2.24, 2.45) is 0 Å². The van der Waals surface area contributed by atoms with Gasteiger partial charge in [0.2, 0.25) is 4.96 Å². The number of rotatable bonds is 9. The molecule has 33 heavy (non-hydrogen) atoms. The van der Waals surface area contributed by atoms with Crippen molar-refractivity contribution in [3.05, 3.63) is 74.5 Å². The number of hydrogen-bond acceptors (Lipinski definition) is 7. The molecular weight excluding hydrogens is 438 g/mol. The molecule has 0 fully saturated rings. The minimum Gasteiger partial charge on any atom is -0.494 e. The fraction of sp³-hybridized carbons (Fsp3) is 0.280. The van der Waals surface area contributed by atoms with E-state index in [4.69, 9.17) is 9.47 Å². The van der Waals surface area contributed by atoms with Gasteiger partial charge in [-0.05, 0) is 54.5 Å². The second kappa shape index (κ2) is 10.4. The largest absolute Gasteiger partial charge is 0.494 e. The smallest absolute Gasteiger partial charge is 0.337 e. The lowest BCUT2D eigenvalue weighted by Gasteiger charge is -2.06. The van der Waals surface area contributed by atoms with E-state index < -0.39 is 5.97 Å². The summed E-state index contributed by atoms with van der Waals surface area (Å²) < 4.78 is 12.3. The van der Waals surface area contributed by atoms with Crippen LogP contribution in [0.2, 0.25) is 0 Å². The van der Waals surface area contributed by atoms with Gasteiger partial charge in [0.05, 0.1) is 23.8 Å². The third-order valence-electron chi connectivity index (χ3n) is 5.19. The molecule has 0 atom stereocenters. The number of aromatic nitrogens is 3. The molecule has 7 nitrogen and oxygen atoms in total. The third-order valence-corrected chi connectivity index (χ3v) is 6.15. The molecule has 4 rings (SSSR count). The monoisotopic (exact) mass is 463 g/mol. The highest BCUT2D eigenvalue weighted by atomic mass is 32.1. The number of carbonyl (C=O) groups excluding carboxylic acids is 1. The van der Waals surface area contributed by atoms with E-state index in [1.165, 1.54) is 42.2 Å². The van der Waals surface area contributed by atoms with Gasteiger partial charge in [-0.2, -0.15) is 9.50 Å². The Bertz CT molecular complexity index is 1340. The van der Waals surface area contributed by atoms with Crippen molar-refractivity contribution in [2.75, 3.05) is 13.7 Å². The second-order valence-corrected chi connectivity index (χ2v) is 8.60. The van der Waals surface area contributed by atoms with Gasteiger partial charge >= 0.3 is 5.97 Å². The molecular formula is C25H25N3O4S. The number of benzene rings is 2. The molecule has 2 heterocycles. The molecule has 8 heteroatoms. The zero-order valence-corrected chi connectivity index (χ0v) is 19.4. The number of nitrogens with zero attached hydrogens (tertiary/aromatic N) is 3. The lowest BCUT2D eigenvalue weighted by molar-refractivity contribution is 0.0600. The number of thiazole rings is 1. The summed E-state index contributed by atoms with van der Waals surface area (Å²) >= 11 is 1.27. The number of esters is 1. The van der Waals surface area contributed by atoms with Crippen LogP contribution in [0.25, 0.3) is 22.4 Å². The van der Waals surface area contributed by atoms with E-state index in [1.54, 1.807) is 30.3 Å². The van der Waals surface area contributed by atoms with Crippen molar-refractivity contribution in [1.29, 1.82) is 0 Å². The summed E-state index contributed by atoms with van der Waals surface area (Å²) in [7, 11) is 1.34. The van der Waals surface area contributed by atoms with Crippen LogP contribution in [0.4, 0.5) is 0 Å². The normalized spacial score (nSPS) is 11.8. The fourth-order valence-corrected chi connectivity index (χ4v) is 4.27. The molecule has 0 aliphatic heterocycles. The first-order valence-corrected chi connectivity index (χ1v) is 11.7. The predicted molar refractivity (Wildman–Crippen MR) is 129 cm³/mol. The van der Waals surface area contributed by atoms with Gasteiger partial charge in [-0.15, -0.1) is 5.10 Å². The van der Waals surface area contributed by atoms with Crippen LogP contribution >= 0.6 is 11.3 Å². The maximum absolute atomic E-state index is 12.8. The highest BCUT2D eigenvalue weighted by molar-refractivity contribution is 7.15. The van der Waals surface area contributed by atoms with Crippen LogP contribution in [0, 0.1) is 0 Å². The zero-order valence-electron chi connectivity index (χ0n) is 18.6. The van der Waals surface area contributed by atoms with Crippen LogP contribution in [0.3, 0.4) is 0 Å². The first kappa shape index (κ1) is 22.7. The maximum Gasteiger partial charge on any atom is 0.337 e. The standard InChI is InChI=1S/C25H25N3O4S/c1-3-4-5-6-15-32-20-13-11-18(12-14-20)22-26-25-28(27-22)23(29)21(33-25)16-17-7-9-19(10-8-17)24(30)31-2/h7-14,16H,3-6,15H2,1-2H3/b21-16-. The Hall–Kier alpha value is -3.52. The van der Waals surface area contributed by atoms with Crippen LogP contribution in [0.15, 0.2) is 53.3 Å². The van der Waals surface area contributed by atoms with Gasteiger partial charge < -0.3 is 9.47 Å². The van der Waals surface area contributed by atoms with E-state index in [1.807, 2.05) is 24.3 Å². The first-order chi connectivity index (χ1) is 16.1. The van der Waals surface area contributed by atoms with Crippen molar-refractivity contribution >= 4 is 28.3 Å². The predicted octanol–water partition coefficient (Wildman–Crippen LogP) is 4.11. The number of fused-ring (bicyclic) bond motifs is 1. The first-order valence-electron chi connectivity index (χ1n) is 10.9. The van der Waals surface area contributed by atoms with Gasteiger partial charge in [0.1, 0.15) is 5.75 Å². The molecule has 0 saturated carbocycles. The van der Waals surface area contributed by atoms with Gasteiger partial charge in [0, 0.05) is 5.56 Å². The van der Waals surface area contributed by atoms with Gasteiger partial charge in [-0.25, -0.2) is 4.79 Å². The molecule has 4 aromatic rings. The maximum atomic E-state index is 12.8. The topological polar surface area (TPSA) is 82.8 Å². The Balaban J connectivity index is 1.49. The van der Waals surface area contributed by atoms with Gasteiger partial charge in [-0.1, -0.05) is 49.7 Å². The average molecular weight is 464 g/mol. The average Bonchev–Trinajstić information content (AvgIpc) is 3.38. The Morgan fingerprint density at radius 2 is 1.82 bits per heavy atom. The lowest BCUT2D eigenvalue weighted by Crippen LogP contribution is -2.23. The molecule has 170 valence electrons. The quantitative estimate of drug-likeness (QED) is 0.274. The Morgan fingerprint density at radius 3 is 2.48 bits per heavy atom. The summed E-state index contributed by atoms with van der Waals surface area (Å²) in [6.45, 7) is 2.90. The van der Waals surface area contributed by atoms with Crippen LogP contribution in [-0.4, -0.2) is 34.3 Å². The molecule has 0 amide bonds. The van der Waals surface area contributed by atoms with Gasteiger partial charge in [0.15, 0.2) is 5.82 Å². The SMILES string of the molecule is CCCCCCOc1ccc(-c2nc3s/c(=C\c4ccc(C(=O)OC)cc4)c(=O)n3n2)cc1. The number of ether oxygens (including phenoxy) is 2. The highest BCUT2D eigenvalue weighted by Gasteiger charge is 2.12. The van der Waals surface area contributed by atoms with Crippen molar-refractivity contribution in [1.82, 2.24) is 14.6 Å². The van der Waals surface area contributed by atoms with E-state index in [0.29, 0.717) is 27.5 Å². The molecule has 0 radical (unpaired) electrons. The summed E-state index contributed by atoms with van der Waals surface area (Å²) in [5, 5.41) is 4.40. The molecule has 0 spiro atoms. The Labute approximate surface area is 195 Å². The van der Waals surface area contributed by atoms with Crippen LogP contribution in [0.5, 0.6) is 5.75 Å². The summed E-state index contributed by atoms with van der Waals surface area (Å²) in [6, 6.07) is 14.5. The van der Waals surface area contributed by atoms with Crippen LogP contribution in [0.1, 0.15) is 48.5 Å². The van der Waals surface area contributed by atoms with Crippen LogP contribution in [-0.2, 0) is 4.74 Å². The zero-order chi connectivity index (χ0) is 23.2. The number of carbonyl (C=O) groups is 1. The summed E-state index contributed by atoms with van der Waals surface area (Å²) in [4.78, 5) is 29.4. The molecule has 2 aromatic heterocycles. The summed E-state index contributed by atoms with van der Waals surface area (Å²) in [6.07, 6.45) is 6.43. The minimum absolute atomic E-state index is 0.224. The Morgan fingerprint density at radius 1 is 1.06 bits per heavy atom. The van der Waals surface area contributed by atoms with Crippen molar-refractivity contribution in [3.8, 4) is 17.1 Å². The Kier molecular flexibility index (Phi) is 7.14. The van der Waals surface area contributed by atoms with Gasteiger partial charge in [0.25, 0.3) is 5.56 Å². The minimum atomic E-state index is -0.399. The van der Waals surface area contributed by atoms with Gasteiger partial charge in [-0.3, -0.25) is 4.79 Å². The molecule has 2 aromatic carbocycles. The molecule has 0 N–H and O–H groups in total. The number of methoxy groups -OCH3 is 1. The molecule has 0 bridgehead atoms. The molecule has 0 unspecified atom stereocenters. The lowest BCUT2D eigenvalue weighted by atomic mass is 10.1. The number of unbranched alkanes of at least 4 members (excludes halogenated alkanes) is 3. The molecule has 0 saturated heterocycles. The molecule has 0 aliphatic rings. The summed E-state index contributed by atoms with van der Waals surface area (Å²) in [5.41, 5.74) is 1.86.